The van der Waals surface area contributed by atoms with Crippen LogP contribution in [0.25, 0.3) is 0 Å². The Bertz CT molecular complexity index is 107. The number of nitrogens with zero attached hydrogens (tertiary/aromatic N) is 1. The van der Waals surface area contributed by atoms with E-state index in [1.807, 2.05) is 7.05 Å². The fourth-order valence-corrected chi connectivity index (χ4v) is 1.35. The average molecular weight is 201 g/mol. The first-order chi connectivity index (χ1) is 6.81. The van der Waals surface area contributed by atoms with Gasteiger partial charge in [-0.05, 0) is 27.1 Å². The molecule has 0 aliphatic carbocycles. The van der Waals surface area contributed by atoms with Crippen LogP contribution in [0.1, 0.15) is 26.2 Å². The topological polar surface area (TPSA) is 27.3 Å². The van der Waals surface area contributed by atoms with Gasteiger partial charge in [0.15, 0.2) is 0 Å². The normalized spacial score (nSPS) is 11.1. The Labute approximate surface area is 89.2 Å². The maximum Gasteiger partial charge on any atom is 0.0104 e. The van der Waals surface area contributed by atoms with Crippen LogP contribution < -0.4 is 10.6 Å². The highest BCUT2D eigenvalue weighted by atomic mass is 15.1. The molecule has 0 unspecified atom stereocenters. The van der Waals surface area contributed by atoms with Gasteiger partial charge >= 0.3 is 0 Å². The molecule has 14 heavy (non-hydrogen) atoms. The first-order valence-electron chi connectivity index (χ1n) is 5.85. The van der Waals surface area contributed by atoms with Gasteiger partial charge in [0.05, 0.1) is 0 Å². The van der Waals surface area contributed by atoms with E-state index in [2.05, 4.69) is 29.5 Å². The third kappa shape index (κ3) is 9.96. The van der Waals surface area contributed by atoms with Crippen LogP contribution in [-0.4, -0.2) is 51.7 Å². The van der Waals surface area contributed by atoms with E-state index in [-0.39, 0.29) is 0 Å². The van der Waals surface area contributed by atoms with Crippen molar-refractivity contribution in [2.45, 2.75) is 26.2 Å². The molecule has 0 atom stereocenters. The minimum absolute atomic E-state index is 1.06. The standard InChI is InChI=1S/C11H27N3/c1-4-5-6-10-14(3)11-9-13-8-7-12-2/h12-13H,4-11H2,1-3H3. The van der Waals surface area contributed by atoms with E-state index in [1.165, 1.54) is 25.8 Å². The highest BCUT2D eigenvalue weighted by molar-refractivity contribution is 4.55. The lowest BCUT2D eigenvalue weighted by atomic mass is 10.2. The van der Waals surface area contributed by atoms with Crippen LogP contribution in [-0.2, 0) is 0 Å². The molecule has 0 radical (unpaired) electrons. The molecule has 86 valence electrons. The fourth-order valence-electron chi connectivity index (χ4n) is 1.35. The lowest BCUT2D eigenvalue weighted by Crippen LogP contribution is -2.33. The van der Waals surface area contributed by atoms with Crippen molar-refractivity contribution in [1.82, 2.24) is 15.5 Å². The van der Waals surface area contributed by atoms with Gasteiger partial charge in [0.25, 0.3) is 0 Å². The second-order valence-corrected chi connectivity index (χ2v) is 3.86. The maximum atomic E-state index is 3.40. The molecule has 0 aliphatic rings. The third-order valence-electron chi connectivity index (χ3n) is 2.37. The summed E-state index contributed by atoms with van der Waals surface area (Å²) in [5.41, 5.74) is 0. The van der Waals surface area contributed by atoms with Gasteiger partial charge in [0.2, 0.25) is 0 Å². The lowest BCUT2D eigenvalue weighted by Gasteiger charge is -2.16. The Morgan fingerprint density at radius 1 is 1.00 bits per heavy atom. The summed E-state index contributed by atoms with van der Waals surface area (Å²) in [6.07, 6.45) is 4.01. The molecule has 3 nitrogen and oxygen atoms in total. The van der Waals surface area contributed by atoms with Gasteiger partial charge < -0.3 is 15.5 Å². The molecular weight excluding hydrogens is 174 g/mol. The molecule has 0 saturated heterocycles. The van der Waals surface area contributed by atoms with Crippen LogP contribution >= 0.6 is 0 Å². The predicted octanol–water partition coefficient (Wildman–Crippen LogP) is 0.917. The first kappa shape index (κ1) is 13.9. The summed E-state index contributed by atoms with van der Waals surface area (Å²) in [6.45, 7) is 7.87. The molecule has 0 fully saturated rings. The summed E-state index contributed by atoms with van der Waals surface area (Å²) < 4.78 is 0. The smallest absolute Gasteiger partial charge is 0.0104 e. The Balaban J connectivity index is 3.06. The van der Waals surface area contributed by atoms with Crippen LogP contribution in [0, 0.1) is 0 Å². The molecular formula is C11H27N3. The summed E-state index contributed by atoms with van der Waals surface area (Å²) in [5, 5.41) is 6.53. The highest BCUT2D eigenvalue weighted by Gasteiger charge is 1.96. The monoisotopic (exact) mass is 201 g/mol. The van der Waals surface area contributed by atoms with E-state index < -0.39 is 0 Å². The van der Waals surface area contributed by atoms with Crippen molar-refractivity contribution in [3.8, 4) is 0 Å². The summed E-state index contributed by atoms with van der Waals surface area (Å²) >= 11 is 0. The summed E-state index contributed by atoms with van der Waals surface area (Å²) in [6, 6.07) is 0. The molecule has 2 N–H and O–H groups in total. The van der Waals surface area contributed by atoms with Crippen molar-refractivity contribution >= 4 is 0 Å². The first-order valence-corrected chi connectivity index (χ1v) is 5.85. The number of nitrogens with one attached hydrogen (secondary N) is 2. The predicted molar refractivity (Wildman–Crippen MR) is 63.8 cm³/mol. The van der Waals surface area contributed by atoms with Gasteiger partial charge in [-0.15, -0.1) is 0 Å². The van der Waals surface area contributed by atoms with Crippen molar-refractivity contribution in [1.29, 1.82) is 0 Å². The van der Waals surface area contributed by atoms with Crippen LogP contribution in [0.2, 0.25) is 0 Å². The number of hydrogen-bond donors (Lipinski definition) is 2. The van der Waals surface area contributed by atoms with Gasteiger partial charge in [-0.25, -0.2) is 0 Å². The zero-order valence-electron chi connectivity index (χ0n) is 10.1. The van der Waals surface area contributed by atoms with Crippen LogP contribution in [0.15, 0.2) is 0 Å². The van der Waals surface area contributed by atoms with Crippen LogP contribution in [0.3, 0.4) is 0 Å². The van der Waals surface area contributed by atoms with Crippen LogP contribution in [0.5, 0.6) is 0 Å². The van der Waals surface area contributed by atoms with Gasteiger partial charge in [-0.1, -0.05) is 19.8 Å². The van der Waals surface area contributed by atoms with Crippen molar-refractivity contribution in [3.05, 3.63) is 0 Å². The minimum Gasteiger partial charge on any atom is -0.318 e. The van der Waals surface area contributed by atoms with Crippen molar-refractivity contribution in [3.63, 3.8) is 0 Å². The highest BCUT2D eigenvalue weighted by Crippen LogP contribution is 1.95. The molecule has 0 bridgehead atoms. The molecule has 0 saturated carbocycles. The van der Waals surface area contributed by atoms with Gasteiger partial charge in [0, 0.05) is 26.2 Å². The van der Waals surface area contributed by atoms with E-state index in [9.17, 15) is 0 Å². The van der Waals surface area contributed by atoms with Crippen molar-refractivity contribution in [2.24, 2.45) is 0 Å². The van der Waals surface area contributed by atoms with Crippen LogP contribution in [0.4, 0.5) is 0 Å². The van der Waals surface area contributed by atoms with E-state index >= 15 is 0 Å². The van der Waals surface area contributed by atoms with E-state index in [1.54, 1.807) is 0 Å². The van der Waals surface area contributed by atoms with Gasteiger partial charge in [0.1, 0.15) is 0 Å². The molecule has 0 rings (SSSR count). The molecule has 3 heteroatoms. The molecule has 0 heterocycles. The molecule has 0 aliphatic heterocycles. The van der Waals surface area contributed by atoms with E-state index in [4.69, 9.17) is 0 Å². The average Bonchev–Trinajstić information content (AvgIpc) is 2.18. The van der Waals surface area contributed by atoms with E-state index in [0.717, 1.165) is 26.2 Å². The fraction of sp³-hybridized carbons (Fsp3) is 1.00. The molecule has 0 aromatic carbocycles. The SMILES string of the molecule is CCCCCN(C)CCNCCNC. The molecule has 0 aromatic heterocycles. The Hall–Kier alpha value is -0.120. The molecule has 0 spiro atoms. The summed E-state index contributed by atoms with van der Waals surface area (Å²) in [4.78, 5) is 2.40. The molecule has 0 amide bonds. The van der Waals surface area contributed by atoms with Gasteiger partial charge in [-0.3, -0.25) is 0 Å². The summed E-state index contributed by atoms with van der Waals surface area (Å²) in [7, 11) is 4.19. The van der Waals surface area contributed by atoms with Gasteiger partial charge in [-0.2, -0.15) is 0 Å². The Morgan fingerprint density at radius 2 is 1.79 bits per heavy atom. The largest absolute Gasteiger partial charge is 0.318 e. The quantitative estimate of drug-likeness (QED) is 0.515. The van der Waals surface area contributed by atoms with E-state index in [0.29, 0.717) is 0 Å². The second-order valence-electron chi connectivity index (χ2n) is 3.86. The zero-order valence-corrected chi connectivity index (χ0v) is 10.1. The zero-order chi connectivity index (χ0) is 10.6. The molecule has 0 aromatic rings. The minimum atomic E-state index is 1.06. The van der Waals surface area contributed by atoms with Crippen molar-refractivity contribution in [2.75, 3.05) is 46.8 Å². The lowest BCUT2D eigenvalue weighted by molar-refractivity contribution is 0.323. The number of rotatable bonds is 10. The second kappa shape index (κ2) is 11.0. The maximum absolute atomic E-state index is 3.40. The Kier molecular flexibility index (Phi) is 10.9. The number of hydrogen-bond acceptors (Lipinski definition) is 3. The Morgan fingerprint density at radius 3 is 2.43 bits per heavy atom. The summed E-state index contributed by atoms with van der Waals surface area (Å²) in [5.74, 6) is 0. The number of likely N-dealkylation sites (N-methyl/N-ethyl adjacent to an activating group) is 2. The third-order valence-corrected chi connectivity index (χ3v) is 2.37. The number of unbranched alkanes of at least 4 members (excludes halogenated alkanes) is 2. The van der Waals surface area contributed by atoms with Crippen molar-refractivity contribution < 1.29 is 0 Å².